The Morgan fingerprint density at radius 1 is 1.24 bits per heavy atom. The van der Waals surface area contributed by atoms with Crippen molar-refractivity contribution in [3.05, 3.63) is 29.8 Å². The molecule has 1 atom stereocenters. The summed E-state index contributed by atoms with van der Waals surface area (Å²) in [5, 5.41) is 3.53. The Kier molecular flexibility index (Phi) is 7.15. The maximum atomic E-state index is 5.44. The molecule has 0 amide bonds. The third-order valence-corrected chi connectivity index (χ3v) is 3.90. The van der Waals surface area contributed by atoms with E-state index < -0.39 is 0 Å². The number of benzene rings is 1. The molecule has 4 heteroatoms. The third kappa shape index (κ3) is 6.04. The molecule has 0 spiro atoms. The summed E-state index contributed by atoms with van der Waals surface area (Å²) in [5.41, 5.74) is 1.19. The Hall–Kier alpha value is -1.10. The molecule has 1 unspecified atom stereocenters. The van der Waals surface area contributed by atoms with Gasteiger partial charge in [-0.05, 0) is 58.6 Å². The van der Waals surface area contributed by atoms with Gasteiger partial charge in [-0.2, -0.15) is 0 Å². The second kappa shape index (κ2) is 8.37. The summed E-state index contributed by atoms with van der Waals surface area (Å²) in [6.45, 7) is 6.06. The average molecular weight is 294 g/mol. The first kappa shape index (κ1) is 18.0. The topological polar surface area (TPSA) is 33.7 Å². The molecule has 0 heterocycles. The minimum absolute atomic E-state index is 0.0728. The highest BCUT2D eigenvalue weighted by Crippen LogP contribution is 2.22. The number of nitrogens with zero attached hydrogens (tertiary/aromatic N) is 1. The lowest BCUT2D eigenvalue weighted by molar-refractivity contribution is 0.0156. The Balaban J connectivity index is 2.58. The van der Waals surface area contributed by atoms with Crippen molar-refractivity contribution in [1.29, 1.82) is 0 Å². The van der Waals surface area contributed by atoms with E-state index in [9.17, 15) is 0 Å². The molecule has 120 valence electrons. The SMILES string of the molecule is COc1cccc(C(CNCCC(C)(C)OC)N(C)C)c1. The summed E-state index contributed by atoms with van der Waals surface area (Å²) in [7, 11) is 7.67. The molecule has 0 saturated carbocycles. The van der Waals surface area contributed by atoms with Gasteiger partial charge in [-0.15, -0.1) is 0 Å². The van der Waals surface area contributed by atoms with Crippen LogP contribution >= 0.6 is 0 Å². The van der Waals surface area contributed by atoms with E-state index in [0.29, 0.717) is 6.04 Å². The summed E-state index contributed by atoms with van der Waals surface area (Å²) < 4.78 is 10.8. The highest BCUT2D eigenvalue weighted by atomic mass is 16.5. The molecular weight excluding hydrogens is 264 g/mol. The van der Waals surface area contributed by atoms with Crippen LogP contribution in [-0.2, 0) is 4.74 Å². The molecule has 0 saturated heterocycles. The minimum atomic E-state index is -0.0728. The van der Waals surface area contributed by atoms with Crippen LogP contribution in [0.1, 0.15) is 31.9 Å². The summed E-state index contributed by atoms with van der Waals surface area (Å²) in [6, 6.07) is 8.59. The largest absolute Gasteiger partial charge is 0.497 e. The molecule has 0 aliphatic rings. The van der Waals surface area contributed by atoms with Crippen molar-refractivity contribution < 1.29 is 9.47 Å². The number of hydrogen-bond acceptors (Lipinski definition) is 4. The van der Waals surface area contributed by atoms with Gasteiger partial charge in [0, 0.05) is 19.7 Å². The summed E-state index contributed by atoms with van der Waals surface area (Å²) in [6.07, 6.45) is 0.988. The quantitative estimate of drug-likeness (QED) is 0.710. The Labute approximate surface area is 129 Å². The van der Waals surface area contributed by atoms with Gasteiger partial charge in [0.1, 0.15) is 5.75 Å². The maximum absolute atomic E-state index is 5.44. The number of rotatable bonds is 9. The molecule has 0 bridgehead atoms. The molecule has 0 aliphatic heterocycles. The molecule has 1 aromatic rings. The van der Waals surface area contributed by atoms with E-state index >= 15 is 0 Å². The van der Waals surface area contributed by atoms with Gasteiger partial charge in [-0.25, -0.2) is 0 Å². The fourth-order valence-corrected chi connectivity index (χ4v) is 2.18. The maximum Gasteiger partial charge on any atom is 0.119 e. The van der Waals surface area contributed by atoms with Crippen molar-refractivity contribution in [2.45, 2.75) is 31.9 Å². The number of methoxy groups -OCH3 is 2. The van der Waals surface area contributed by atoms with Crippen LogP contribution in [0, 0.1) is 0 Å². The molecule has 1 aromatic carbocycles. The van der Waals surface area contributed by atoms with Crippen molar-refractivity contribution >= 4 is 0 Å². The van der Waals surface area contributed by atoms with Gasteiger partial charge in [-0.1, -0.05) is 12.1 Å². The van der Waals surface area contributed by atoms with Crippen LogP contribution in [0.25, 0.3) is 0 Å². The van der Waals surface area contributed by atoms with Crippen LogP contribution < -0.4 is 10.1 Å². The fourth-order valence-electron chi connectivity index (χ4n) is 2.18. The van der Waals surface area contributed by atoms with Gasteiger partial charge in [-0.3, -0.25) is 0 Å². The minimum Gasteiger partial charge on any atom is -0.497 e. The van der Waals surface area contributed by atoms with Gasteiger partial charge < -0.3 is 19.7 Å². The standard InChI is InChI=1S/C17H30N2O2/c1-17(2,21-6)10-11-18-13-16(19(3)4)14-8-7-9-15(12-14)20-5/h7-9,12,16,18H,10-11,13H2,1-6H3. The zero-order chi connectivity index (χ0) is 15.9. The van der Waals surface area contributed by atoms with Crippen molar-refractivity contribution in [3.8, 4) is 5.75 Å². The van der Waals surface area contributed by atoms with E-state index in [-0.39, 0.29) is 5.60 Å². The predicted molar refractivity (Wildman–Crippen MR) is 88.0 cm³/mol. The van der Waals surface area contributed by atoms with Crippen molar-refractivity contribution in [3.63, 3.8) is 0 Å². The lowest BCUT2D eigenvalue weighted by Crippen LogP contribution is -2.34. The van der Waals surface area contributed by atoms with E-state index in [1.807, 2.05) is 12.1 Å². The van der Waals surface area contributed by atoms with Crippen LogP contribution in [0.2, 0.25) is 0 Å². The van der Waals surface area contributed by atoms with E-state index in [1.54, 1.807) is 14.2 Å². The van der Waals surface area contributed by atoms with Crippen LogP contribution in [0.15, 0.2) is 24.3 Å². The molecular formula is C17H30N2O2. The zero-order valence-corrected chi connectivity index (χ0v) is 14.3. The molecule has 0 aliphatic carbocycles. The Morgan fingerprint density at radius 2 is 1.95 bits per heavy atom. The number of ether oxygens (including phenoxy) is 2. The van der Waals surface area contributed by atoms with E-state index in [1.165, 1.54) is 5.56 Å². The van der Waals surface area contributed by atoms with Gasteiger partial charge >= 0.3 is 0 Å². The highest BCUT2D eigenvalue weighted by molar-refractivity contribution is 5.30. The van der Waals surface area contributed by atoms with Crippen LogP contribution in [0.5, 0.6) is 5.75 Å². The van der Waals surface area contributed by atoms with Crippen LogP contribution in [0.3, 0.4) is 0 Å². The first-order valence-corrected chi connectivity index (χ1v) is 7.46. The molecule has 21 heavy (non-hydrogen) atoms. The summed E-state index contributed by atoms with van der Waals surface area (Å²) in [4.78, 5) is 2.23. The summed E-state index contributed by atoms with van der Waals surface area (Å²) in [5.74, 6) is 0.903. The average Bonchev–Trinajstić information content (AvgIpc) is 2.46. The van der Waals surface area contributed by atoms with Gasteiger partial charge in [0.2, 0.25) is 0 Å². The molecule has 0 fully saturated rings. The van der Waals surface area contributed by atoms with Crippen molar-refractivity contribution in [1.82, 2.24) is 10.2 Å². The van der Waals surface area contributed by atoms with Crippen LogP contribution in [-0.4, -0.2) is 51.9 Å². The fraction of sp³-hybridized carbons (Fsp3) is 0.647. The predicted octanol–water partition coefficient (Wildman–Crippen LogP) is 2.70. The lowest BCUT2D eigenvalue weighted by Gasteiger charge is -2.27. The molecule has 1 N–H and O–H groups in total. The van der Waals surface area contributed by atoms with Gasteiger partial charge in [0.05, 0.1) is 12.7 Å². The molecule has 4 nitrogen and oxygen atoms in total. The zero-order valence-electron chi connectivity index (χ0n) is 14.3. The third-order valence-electron chi connectivity index (χ3n) is 3.90. The molecule has 0 aromatic heterocycles. The lowest BCUT2D eigenvalue weighted by atomic mass is 10.0. The second-order valence-corrected chi connectivity index (χ2v) is 6.17. The van der Waals surface area contributed by atoms with E-state index in [0.717, 1.165) is 25.3 Å². The molecule has 1 rings (SSSR count). The van der Waals surface area contributed by atoms with E-state index in [2.05, 4.69) is 50.3 Å². The number of hydrogen-bond donors (Lipinski definition) is 1. The van der Waals surface area contributed by atoms with Crippen molar-refractivity contribution in [2.75, 3.05) is 41.4 Å². The normalized spacial score (nSPS) is 13.5. The Morgan fingerprint density at radius 3 is 2.52 bits per heavy atom. The number of likely N-dealkylation sites (N-methyl/N-ethyl adjacent to an activating group) is 1. The molecule has 0 radical (unpaired) electrons. The Bertz CT molecular complexity index is 419. The first-order valence-electron chi connectivity index (χ1n) is 7.46. The monoisotopic (exact) mass is 294 g/mol. The second-order valence-electron chi connectivity index (χ2n) is 6.17. The van der Waals surface area contributed by atoms with Gasteiger partial charge in [0.25, 0.3) is 0 Å². The van der Waals surface area contributed by atoms with E-state index in [4.69, 9.17) is 9.47 Å². The first-order chi connectivity index (χ1) is 9.89. The van der Waals surface area contributed by atoms with Crippen LogP contribution in [0.4, 0.5) is 0 Å². The van der Waals surface area contributed by atoms with Crippen molar-refractivity contribution in [2.24, 2.45) is 0 Å². The van der Waals surface area contributed by atoms with Gasteiger partial charge in [0.15, 0.2) is 0 Å². The number of nitrogens with one attached hydrogen (secondary N) is 1. The summed E-state index contributed by atoms with van der Waals surface area (Å²) >= 11 is 0. The smallest absolute Gasteiger partial charge is 0.119 e. The highest BCUT2D eigenvalue weighted by Gasteiger charge is 2.17.